The Bertz CT molecular complexity index is 594. The number of carbonyl (C=O) groups excluding carboxylic acids is 1. The third-order valence-electron chi connectivity index (χ3n) is 3.23. The molecule has 2 rings (SSSR count). The normalized spacial score (nSPS) is 12.1. The minimum Gasteiger partial charge on any atom is -0.350 e. The number of thioether (sulfide) groups is 1. The molecule has 0 saturated heterocycles. The summed E-state index contributed by atoms with van der Waals surface area (Å²) in [5.74, 6) is -0.0561. The number of carbonyl (C=O) groups is 1. The Morgan fingerprint density at radius 3 is 2.62 bits per heavy atom. The fourth-order valence-electron chi connectivity index (χ4n) is 2.07. The number of nitrogens with one attached hydrogen (secondary N) is 2. The molecule has 1 amide bonds. The lowest BCUT2D eigenvalue weighted by molar-refractivity contribution is -0.123. The molecule has 1 heterocycles. The van der Waals surface area contributed by atoms with Crippen LogP contribution >= 0.6 is 11.8 Å². The van der Waals surface area contributed by atoms with E-state index in [0.29, 0.717) is 6.54 Å². The first-order chi connectivity index (χ1) is 10.1. The van der Waals surface area contributed by atoms with Gasteiger partial charge in [-0.2, -0.15) is 5.10 Å². The van der Waals surface area contributed by atoms with Crippen molar-refractivity contribution in [2.45, 2.75) is 17.5 Å². The van der Waals surface area contributed by atoms with E-state index in [-0.39, 0.29) is 11.9 Å². The fraction of sp³-hybridized carbons (Fsp3) is 0.333. The average Bonchev–Trinajstić information content (AvgIpc) is 2.92. The van der Waals surface area contributed by atoms with Gasteiger partial charge in [0.25, 0.3) is 0 Å². The first-order valence-corrected chi connectivity index (χ1v) is 7.93. The Morgan fingerprint density at radius 1 is 1.38 bits per heavy atom. The number of rotatable bonds is 6. The number of hydrogen-bond acceptors (Lipinski definition) is 4. The van der Waals surface area contributed by atoms with Crippen molar-refractivity contribution in [1.29, 1.82) is 0 Å². The molecule has 0 fully saturated rings. The van der Waals surface area contributed by atoms with Crippen molar-refractivity contribution in [3.05, 3.63) is 47.8 Å². The zero-order valence-electron chi connectivity index (χ0n) is 12.5. The van der Waals surface area contributed by atoms with E-state index in [1.807, 2.05) is 31.6 Å². The third kappa shape index (κ3) is 4.09. The van der Waals surface area contributed by atoms with Crippen LogP contribution in [0.1, 0.15) is 17.2 Å². The fourth-order valence-corrected chi connectivity index (χ4v) is 2.48. The van der Waals surface area contributed by atoms with E-state index in [2.05, 4.69) is 27.9 Å². The summed E-state index contributed by atoms with van der Waals surface area (Å²) < 4.78 is 1.69. The van der Waals surface area contributed by atoms with Crippen molar-refractivity contribution >= 4 is 17.7 Å². The van der Waals surface area contributed by atoms with Gasteiger partial charge in [-0.1, -0.05) is 12.1 Å². The molecule has 0 aliphatic carbocycles. The molecule has 0 saturated carbocycles. The van der Waals surface area contributed by atoms with Crippen molar-refractivity contribution in [3.63, 3.8) is 0 Å². The van der Waals surface area contributed by atoms with Gasteiger partial charge >= 0.3 is 0 Å². The molecule has 0 bridgehead atoms. The van der Waals surface area contributed by atoms with E-state index in [1.165, 1.54) is 4.90 Å². The maximum absolute atomic E-state index is 12.3. The van der Waals surface area contributed by atoms with E-state index >= 15 is 0 Å². The van der Waals surface area contributed by atoms with Gasteiger partial charge in [-0.3, -0.25) is 9.48 Å². The molecule has 21 heavy (non-hydrogen) atoms. The molecule has 0 aliphatic rings. The first kappa shape index (κ1) is 15.6. The van der Waals surface area contributed by atoms with E-state index in [1.54, 1.807) is 29.7 Å². The topological polar surface area (TPSA) is 59.0 Å². The van der Waals surface area contributed by atoms with Crippen LogP contribution in [0.3, 0.4) is 0 Å². The summed E-state index contributed by atoms with van der Waals surface area (Å²) in [6.07, 6.45) is 5.59. The lowest BCUT2D eigenvalue weighted by atomic mass is 10.1. The zero-order chi connectivity index (χ0) is 15.2. The summed E-state index contributed by atoms with van der Waals surface area (Å²) in [6.45, 7) is 0.520. The highest BCUT2D eigenvalue weighted by Crippen LogP contribution is 2.15. The molecular weight excluding hydrogens is 284 g/mol. The van der Waals surface area contributed by atoms with Crippen molar-refractivity contribution in [1.82, 2.24) is 20.4 Å². The van der Waals surface area contributed by atoms with Gasteiger partial charge in [0.2, 0.25) is 5.91 Å². The van der Waals surface area contributed by atoms with Crippen LogP contribution in [0.15, 0.2) is 41.6 Å². The number of aromatic nitrogens is 2. The standard InChI is InChI=1S/C15H20N4OS/c1-16-14(12-9-18-19(2)10-12)15(20)17-8-11-4-6-13(21-3)7-5-11/h4-7,9-10,14,16H,8H2,1-3H3,(H,17,20). The van der Waals surface area contributed by atoms with Gasteiger partial charge in [0.15, 0.2) is 0 Å². The monoisotopic (exact) mass is 304 g/mol. The van der Waals surface area contributed by atoms with Crippen LogP contribution in [-0.4, -0.2) is 29.0 Å². The number of amides is 1. The highest BCUT2D eigenvalue weighted by molar-refractivity contribution is 7.98. The van der Waals surface area contributed by atoms with Crippen LogP contribution in [0, 0.1) is 0 Å². The molecule has 1 atom stereocenters. The number of nitrogens with zero attached hydrogens (tertiary/aromatic N) is 2. The molecule has 6 heteroatoms. The molecule has 0 radical (unpaired) electrons. The summed E-state index contributed by atoms with van der Waals surface area (Å²) in [5.41, 5.74) is 1.94. The summed E-state index contributed by atoms with van der Waals surface area (Å²) in [7, 11) is 3.60. The predicted molar refractivity (Wildman–Crippen MR) is 85.1 cm³/mol. The molecule has 0 spiro atoms. The summed E-state index contributed by atoms with van der Waals surface area (Å²) in [6, 6.07) is 7.80. The minimum absolute atomic E-state index is 0.0561. The van der Waals surface area contributed by atoms with Crippen LogP contribution in [0.2, 0.25) is 0 Å². The van der Waals surface area contributed by atoms with Crippen LogP contribution < -0.4 is 10.6 Å². The molecule has 1 aromatic carbocycles. The Labute approximate surface area is 129 Å². The highest BCUT2D eigenvalue weighted by Gasteiger charge is 2.19. The molecule has 0 aliphatic heterocycles. The second kappa shape index (κ2) is 7.28. The Balaban J connectivity index is 1.96. The number of benzene rings is 1. The van der Waals surface area contributed by atoms with Crippen LogP contribution in [0.25, 0.3) is 0 Å². The van der Waals surface area contributed by atoms with Gasteiger partial charge in [0.05, 0.1) is 6.20 Å². The van der Waals surface area contributed by atoms with Crippen molar-refractivity contribution in [2.24, 2.45) is 7.05 Å². The lowest BCUT2D eigenvalue weighted by Crippen LogP contribution is -2.35. The largest absolute Gasteiger partial charge is 0.350 e. The SMILES string of the molecule is CNC(C(=O)NCc1ccc(SC)cc1)c1cnn(C)c1. The molecule has 1 aromatic heterocycles. The highest BCUT2D eigenvalue weighted by atomic mass is 32.2. The average molecular weight is 304 g/mol. The number of aryl methyl sites for hydroxylation is 1. The summed E-state index contributed by atoms with van der Waals surface area (Å²) >= 11 is 1.70. The van der Waals surface area contributed by atoms with Crippen molar-refractivity contribution in [2.75, 3.05) is 13.3 Å². The zero-order valence-corrected chi connectivity index (χ0v) is 13.3. The van der Waals surface area contributed by atoms with Gasteiger partial charge in [-0.25, -0.2) is 0 Å². The van der Waals surface area contributed by atoms with E-state index in [9.17, 15) is 4.79 Å². The third-order valence-corrected chi connectivity index (χ3v) is 3.98. The smallest absolute Gasteiger partial charge is 0.242 e. The van der Waals surface area contributed by atoms with E-state index in [4.69, 9.17) is 0 Å². The quantitative estimate of drug-likeness (QED) is 0.798. The van der Waals surface area contributed by atoms with E-state index in [0.717, 1.165) is 11.1 Å². The van der Waals surface area contributed by atoms with Crippen molar-refractivity contribution < 1.29 is 4.79 Å². The second-order valence-corrected chi connectivity index (χ2v) is 5.61. The molecule has 1 unspecified atom stereocenters. The number of likely N-dealkylation sites (N-methyl/N-ethyl adjacent to an activating group) is 1. The molecule has 5 nitrogen and oxygen atoms in total. The van der Waals surface area contributed by atoms with Gasteiger partial charge in [-0.05, 0) is 31.0 Å². The van der Waals surface area contributed by atoms with Crippen LogP contribution in [0.4, 0.5) is 0 Å². The molecular formula is C15H20N4OS. The molecule has 2 aromatic rings. The number of hydrogen-bond donors (Lipinski definition) is 2. The Morgan fingerprint density at radius 2 is 2.10 bits per heavy atom. The Kier molecular flexibility index (Phi) is 5.41. The summed E-state index contributed by atoms with van der Waals surface area (Å²) in [4.78, 5) is 13.5. The van der Waals surface area contributed by atoms with Gasteiger partial charge in [0, 0.05) is 30.2 Å². The van der Waals surface area contributed by atoms with Gasteiger partial charge < -0.3 is 10.6 Å². The molecule has 2 N–H and O–H groups in total. The summed E-state index contributed by atoms with van der Waals surface area (Å²) in [5, 5.41) is 10.1. The minimum atomic E-state index is -0.385. The first-order valence-electron chi connectivity index (χ1n) is 6.70. The van der Waals surface area contributed by atoms with E-state index < -0.39 is 0 Å². The molecule has 112 valence electrons. The van der Waals surface area contributed by atoms with Gasteiger partial charge in [-0.15, -0.1) is 11.8 Å². The maximum atomic E-state index is 12.3. The lowest BCUT2D eigenvalue weighted by Gasteiger charge is -2.14. The van der Waals surface area contributed by atoms with Crippen LogP contribution in [0.5, 0.6) is 0 Å². The van der Waals surface area contributed by atoms with Crippen LogP contribution in [-0.2, 0) is 18.4 Å². The predicted octanol–water partition coefficient (Wildman–Crippen LogP) is 1.72. The second-order valence-electron chi connectivity index (χ2n) is 4.73. The van der Waals surface area contributed by atoms with Crippen molar-refractivity contribution in [3.8, 4) is 0 Å². The maximum Gasteiger partial charge on any atom is 0.242 e. The van der Waals surface area contributed by atoms with Gasteiger partial charge in [0.1, 0.15) is 6.04 Å². The Hall–Kier alpha value is -1.79.